The van der Waals surface area contributed by atoms with Gasteiger partial charge in [0.15, 0.2) is 11.5 Å². The zero-order valence-electron chi connectivity index (χ0n) is 24.7. The molecule has 9 nitrogen and oxygen atoms in total. The summed E-state index contributed by atoms with van der Waals surface area (Å²) in [5.74, 6) is 0.242. The molecule has 8 bridgehead atoms. The van der Waals surface area contributed by atoms with Gasteiger partial charge >= 0.3 is 0 Å². The molecule has 2 N–H and O–H groups in total. The van der Waals surface area contributed by atoms with Crippen LogP contribution in [0.25, 0.3) is 0 Å². The zero-order chi connectivity index (χ0) is 31.0. The summed E-state index contributed by atoms with van der Waals surface area (Å²) in [6.45, 7) is 4.39. The number of halogens is 1. The largest absolute Gasteiger partial charge is 0.493 e. The summed E-state index contributed by atoms with van der Waals surface area (Å²) < 4.78 is 32.3. The fraction of sp³-hybridized carbons (Fsp3) is 0.265. The summed E-state index contributed by atoms with van der Waals surface area (Å²) in [6, 6.07) is 16.4. The average molecular weight is 598 g/mol. The Kier molecular flexibility index (Phi) is 7.82. The number of amides is 2. The molecule has 44 heavy (non-hydrogen) atoms. The Morgan fingerprint density at radius 1 is 1.02 bits per heavy atom. The van der Waals surface area contributed by atoms with Crippen molar-refractivity contribution < 1.29 is 28.2 Å². The van der Waals surface area contributed by atoms with Gasteiger partial charge in [-0.25, -0.2) is 4.39 Å². The molecule has 1 atom stereocenters. The highest BCUT2D eigenvalue weighted by molar-refractivity contribution is 5.96. The number of carbonyl (C=O) groups is 2. The molecule has 2 amide bonds. The molecule has 226 valence electrons. The van der Waals surface area contributed by atoms with E-state index in [9.17, 15) is 18.8 Å². The number of aromatic amines is 1. The quantitative estimate of drug-likeness (QED) is 0.328. The van der Waals surface area contributed by atoms with E-state index in [1.165, 1.54) is 18.2 Å². The van der Waals surface area contributed by atoms with Gasteiger partial charge in [0, 0.05) is 18.8 Å². The minimum Gasteiger partial charge on any atom is -0.493 e. The van der Waals surface area contributed by atoms with Crippen molar-refractivity contribution in [1.82, 2.24) is 15.2 Å². The highest BCUT2D eigenvalue weighted by Gasteiger charge is 2.35. The predicted molar refractivity (Wildman–Crippen MR) is 161 cm³/mol. The Morgan fingerprint density at radius 2 is 1.82 bits per heavy atom. The number of ether oxygens (including phenoxy) is 3. The zero-order valence-corrected chi connectivity index (χ0v) is 24.7. The summed E-state index contributed by atoms with van der Waals surface area (Å²) in [5, 5.41) is 2.73. The van der Waals surface area contributed by atoms with Crippen molar-refractivity contribution in [3.05, 3.63) is 116 Å². The van der Waals surface area contributed by atoms with Crippen LogP contribution in [0.15, 0.2) is 65.5 Å². The lowest BCUT2D eigenvalue weighted by atomic mass is 9.87. The second kappa shape index (κ2) is 11.9. The molecule has 0 fully saturated rings. The first kappa shape index (κ1) is 29.0. The highest BCUT2D eigenvalue weighted by atomic mass is 19.1. The van der Waals surface area contributed by atoms with Gasteiger partial charge in [0.05, 0.1) is 25.3 Å². The molecule has 3 aliphatic rings. The number of pyridine rings is 1. The van der Waals surface area contributed by atoms with Gasteiger partial charge in [0.1, 0.15) is 22.9 Å². The number of hydrogen-bond acceptors (Lipinski definition) is 6. The van der Waals surface area contributed by atoms with Gasteiger partial charge < -0.3 is 29.4 Å². The molecular formula is C34H32FN3O6. The normalized spacial score (nSPS) is 16.2. The van der Waals surface area contributed by atoms with Crippen molar-refractivity contribution in [2.75, 3.05) is 26.8 Å². The van der Waals surface area contributed by atoms with Gasteiger partial charge in [-0.15, -0.1) is 0 Å². The number of hydrogen-bond donors (Lipinski definition) is 2. The Balaban J connectivity index is 1.48. The maximum absolute atomic E-state index is 14.6. The molecule has 10 heteroatoms. The van der Waals surface area contributed by atoms with Gasteiger partial charge in [-0.3, -0.25) is 14.4 Å². The van der Waals surface area contributed by atoms with E-state index in [0.29, 0.717) is 53.6 Å². The van der Waals surface area contributed by atoms with Crippen molar-refractivity contribution in [3.8, 4) is 23.0 Å². The second-order valence-electron chi connectivity index (χ2n) is 11.0. The molecule has 0 saturated heterocycles. The standard InChI is InChI=1S/C34H32FN3O6/c1-19-15-20(2)37-33(40)30(19)34(41)38-13-11-21-16-23-6-8-25(21)31(38)22-5-10-28(42-3)29(17-22)43-14-4-12-36-32(39)26-18-24(44-23)7-9-27(26)35/h5-10,15-18,31H,4,11-14H2,1-3H3,(H,36,39)(H,37,40). The SMILES string of the molecule is COc1ccc2cc1OCCCNC(=O)c1cc(ccc1F)Oc1ccc3c(c1)CCN(C(=O)c1c(C)cc(C)[nH]c1=O)C23. The number of methoxy groups -OCH3 is 1. The van der Waals surface area contributed by atoms with Crippen molar-refractivity contribution in [1.29, 1.82) is 0 Å². The minimum absolute atomic E-state index is 0.109. The highest BCUT2D eigenvalue weighted by Crippen LogP contribution is 2.41. The third kappa shape index (κ3) is 5.50. The van der Waals surface area contributed by atoms with Crippen LogP contribution in [0.4, 0.5) is 4.39 Å². The number of aryl methyl sites for hydroxylation is 2. The number of H-pyrrole nitrogens is 1. The van der Waals surface area contributed by atoms with E-state index in [1.807, 2.05) is 24.3 Å². The number of nitrogens with zero attached hydrogens (tertiary/aromatic N) is 1. The summed E-state index contributed by atoms with van der Waals surface area (Å²) in [7, 11) is 1.54. The molecule has 3 aromatic carbocycles. The fourth-order valence-corrected chi connectivity index (χ4v) is 5.91. The molecule has 0 aliphatic carbocycles. The van der Waals surface area contributed by atoms with Gasteiger partial charge in [-0.2, -0.15) is 0 Å². The van der Waals surface area contributed by atoms with E-state index >= 15 is 0 Å². The predicted octanol–water partition coefficient (Wildman–Crippen LogP) is 5.23. The third-order valence-corrected chi connectivity index (χ3v) is 7.97. The van der Waals surface area contributed by atoms with E-state index in [2.05, 4.69) is 10.3 Å². The summed E-state index contributed by atoms with van der Waals surface area (Å²) in [6.07, 6.45) is 0.958. The summed E-state index contributed by atoms with van der Waals surface area (Å²) >= 11 is 0. The average Bonchev–Trinajstić information content (AvgIpc) is 3.00. The Labute approximate surface area is 253 Å². The molecule has 0 spiro atoms. The monoisotopic (exact) mass is 597 g/mol. The van der Waals surface area contributed by atoms with Crippen LogP contribution in [0.2, 0.25) is 0 Å². The van der Waals surface area contributed by atoms with Crippen LogP contribution >= 0.6 is 0 Å². The molecule has 1 unspecified atom stereocenters. The van der Waals surface area contributed by atoms with Crippen LogP contribution in [-0.4, -0.2) is 48.5 Å². The summed E-state index contributed by atoms with van der Waals surface area (Å²) in [4.78, 5) is 44.3. The Morgan fingerprint density at radius 3 is 2.61 bits per heavy atom. The van der Waals surface area contributed by atoms with Gasteiger partial charge in [-0.1, -0.05) is 12.1 Å². The number of aromatic nitrogens is 1. The van der Waals surface area contributed by atoms with E-state index in [0.717, 1.165) is 16.7 Å². The molecule has 7 rings (SSSR count). The fourth-order valence-electron chi connectivity index (χ4n) is 5.91. The van der Waals surface area contributed by atoms with E-state index in [4.69, 9.17) is 14.2 Å². The first-order valence-electron chi connectivity index (χ1n) is 14.4. The lowest BCUT2D eigenvalue weighted by molar-refractivity contribution is 0.0691. The number of fused-ring (bicyclic) bond motifs is 6. The van der Waals surface area contributed by atoms with E-state index < -0.39 is 23.3 Å². The van der Waals surface area contributed by atoms with Crippen molar-refractivity contribution in [2.24, 2.45) is 0 Å². The topological polar surface area (TPSA) is 110 Å². The lowest BCUT2D eigenvalue weighted by Gasteiger charge is -2.38. The van der Waals surface area contributed by atoms with Crippen LogP contribution in [0, 0.1) is 19.7 Å². The van der Waals surface area contributed by atoms with Crippen LogP contribution in [0.3, 0.4) is 0 Å². The molecule has 0 saturated carbocycles. The van der Waals surface area contributed by atoms with Crippen molar-refractivity contribution >= 4 is 11.8 Å². The molecular weight excluding hydrogens is 565 g/mol. The second-order valence-corrected chi connectivity index (χ2v) is 11.0. The maximum atomic E-state index is 14.6. The number of carbonyl (C=O) groups excluding carboxylic acids is 2. The molecule has 0 radical (unpaired) electrons. The van der Waals surface area contributed by atoms with Crippen LogP contribution in [0.5, 0.6) is 23.0 Å². The number of benzene rings is 3. The number of nitrogens with one attached hydrogen (secondary N) is 2. The number of rotatable bonds is 2. The van der Waals surface area contributed by atoms with Crippen LogP contribution in [0.1, 0.15) is 61.1 Å². The lowest BCUT2D eigenvalue weighted by Crippen LogP contribution is -2.43. The van der Waals surface area contributed by atoms with Crippen molar-refractivity contribution in [3.63, 3.8) is 0 Å². The first-order chi connectivity index (χ1) is 21.2. The molecule has 1 aromatic heterocycles. The third-order valence-electron chi connectivity index (χ3n) is 7.97. The van der Waals surface area contributed by atoms with E-state index in [1.54, 1.807) is 44.1 Å². The summed E-state index contributed by atoms with van der Waals surface area (Å²) in [5.41, 5.74) is 3.46. The first-order valence-corrected chi connectivity index (χ1v) is 14.4. The smallest absolute Gasteiger partial charge is 0.261 e. The van der Waals surface area contributed by atoms with Gasteiger partial charge in [-0.05, 0) is 97.5 Å². The van der Waals surface area contributed by atoms with E-state index in [-0.39, 0.29) is 30.2 Å². The molecule has 4 aromatic rings. The maximum Gasteiger partial charge on any atom is 0.261 e. The molecule has 3 aliphatic heterocycles. The van der Waals surface area contributed by atoms with Gasteiger partial charge in [0.2, 0.25) is 0 Å². The molecule has 4 heterocycles. The Bertz CT molecular complexity index is 1830. The van der Waals surface area contributed by atoms with Gasteiger partial charge in [0.25, 0.3) is 17.4 Å². The minimum atomic E-state index is -0.650. The van der Waals surface area contributed by atoms with Crippen LogP contribution in [-0.2, 0) is 6.42 Å². The van der Waals surface area contributed by atoms with Crippen LogP contribution < -0.4 is 25.1 Å². The van der Waals surface area contributed by atoms with Crippen molar-refractivity contribution in [2.45, 2.75) is 32.7 Å². The Hall–Kier alpha value is -5.12.